The topological polar surface area (TPSA) is 16.1 Å². The molecule has 0 aromatic carbocycles. The normalized spacial score (nSPS) is 17.1. The van der Waals surface area contributed by atoms with Crippen molar-refractivity contribution in [3.8, 4) is 0 Å². The van der Waals surface area contributed by atoms with Crippen LogP contribution in [-0.4, -0.2) is 18.1 Å². The molecule has 82 valence electrons. The molecule has 0 N–H and O–H groups in total. The summed E-state index contributed by atoms with van der Waals surface area (Å²) in [6.07, 6.45) is 7.97. The van der Waals surface area contributed by atoms with Crippen molar-refractivity contribution in [3.05, 3.63) is 24.0 Å². The third kappa shape index (κ3) is 2.31. The highest BCUT2D eigenvalue weighted by Crippen LogP contribution is 2.28. The molecular weight excluding hydrogens is 184 g/mol. The first-order valence-electron chi connectivity index (χ1n) is 5.98. The van der Waals surface area contributed by atoms with Gasteiger partial charge in [0.25, 0.3) is 0 Å². The van der Waals surface area contributed by atoms with Gasteiger partial charge in [-0.25, -0.2) is 0 Å². The molecule has 1 aliphatic rings. The quantitative estimate of drug-likeness (QED) is 0.735. The van der Waals surface area contributed by atoms with Crippen molar-refractivity contribution in [2.24, 2.45) is 0 Å². The number of hydrogen-bond acceptors (Lipinski definition) is 2. The van der Waals surface area contributed by atoms with Crippen molar-refractivity contribution < 1.29 is 0 Å². The lowest BCUT2D eigenvalue weighted by Gasteiger charge is -2.31. The van der Waals surface area contributed by atoms with Gasteiger partial charge in [-0.1, -0.05) is 13.8 Å². The van der Waals surface area contributed by atoms with Gasteiger partial charge < -0.3 is 4.90 Å². The molecule has 2 nitrogen and oxygen atoms in total. The Balaban J connectivity index is 2.25. The van der Waals surface area contributed by atoms with E-state index in [1.807, 2.05) is 12.4 Å². The molecule has 2 rings (SSSR count). The van der Waals surface area contributed by atoms with E-state index in [2.05, 4.69) is 29.8 Å². The number of aromatic nitrogens is 1. The average molecular weight is 204 g/mol. The van der Waals surface area contributed by atoms with Crippen molar-refractivity contribution in [3.63, 3.8) is 0 Å². The van der Waals surface area contributed by atoms with Crippen LogP contribution in [0.3, 0.4) is 0 Å². The number of hydrogen-bond donors (Lipinski definition) is 0. The van der Waals surface area contributed by atoms with Gasteiger partial charge in [-0.2, -0.15) is 0 Å². The molecule has 0 aliphatic carbocycles. The molecule has 0 spiro atoms. The zero-order valence-electron chi connectivity index (χ0n) is 9.74. The summed E-state index contributed by atoms with van der Waals surface area (Å²) in [5.41, 5.74) is 2.79. The Hall–Kier alpha value is -1.05. The largest absolute Gasteiger partial charge is 0.370 e. The van der Waals surface area contributed by atoms with Gasteiger partial charge in [-0.15, -0.1) is 0 Å². The average Bonchev–Trinajstić information content (AvgIpc) is 2.30. The highest BCUT2D eigenvalue weighted by atomic mass is 15.1. The highest BCUT2D eigenvalue weighted by molar-refractivity contribution is 5.53. The van der Waals surface area contributed by atoms with Gasteiger partial charge in [0, 0.05) is 19.3 Å². The molecule has 0 unspecified atom stereocenters. The molecule has 1 saturated heterocycles. The van der Waals surface area contributed by atoms with Crippen molar-refractivity contribution in [2.75, 3.05) is 18.0 Å². The standard InChI is InChI=1S/C13H20N2/c1-11(2)12-6-7-14-10-13(12)15-8-4-3-5-9-15/h6-7,10-11H,3-5,8-9H2,1-2H3. The van der Waals surface area contributed by atoms with E-state index in [4.69, 9.17) is 0 Å². The lowest BCUT2D eigenvalue weighted by molar-refractivity contribution is 0.574. The number of pyridine rings is 1. The molecule has 0 saturated carbocycles. The second-order valence-corrected chi connectivity index (χ2v) is 4.64. The lowest BCUT2D eigenvalue weighted by atomic mass is 10.0. The maximum Gasteiger partial charge on any atom is 0.0587 e. The lowest BCUT2D eigenvalue weighted by Crippen LogP contribution is -2.30. The Bertz CT molecular complexity index is 314. The van der Waals surface area contributed by atoms with Crippen LogP contribution in [0.4, 0.5) is 5.69 Å². The molecule has 1 aromatic heterocycles. The van der Waals surface area contributed by atoms with Gasteiger partial charge in [-0.05, 0) is 36.8 Å². The van der Waals surface area contributed by atoms with Gasteiger partial charge in [0.2, 0.25) is 0 Å². The number of piperidine rings is 1. The number of rotatable bonds is 2. The van der Waals surface area contributed by atoms with Crippen molar-refractivity contribution in [1.82, 2.24) is 4.98 Å². The zero-order chi connectivity index (χ0) is 10.7. The Morgan fingerprint density at radius 1 is 1.20 bits per heavy atom. The summed E-state index contributed by atoms with van der Waals surface area (Å²) < 4.78 is 0. The van der Waals surface area contributed by atoms with Gasteiger partial charge in [0.1, 0.15) is 0 Å². The first-order valence-corrected chi connectivity index (χ1v) is 5.98. The van der Waals surface area contributed by atoms with Gasteiger partial charge >= 0.3 is 0 Å². The van der Waals surface area contributed by atoms with E-state index in [9.17, 15) is 0 Å². The van der Waals surface area contributed by atoms with Crippen molar-refractivity contribution >= 4 is 5.69 Å². The van der Waals surface area contributed by atoms with Gasteiger partial charge in [0.05, 0.1) is 11.9 Å². The first-order chi connectivity index (χ1) is 7.29. The van der Waals surface area contributed by atoms with E-state index in [1.165, 1.54) is 43.6 Å². The van der Waals surface area contributed by atoms with E-state index >= 15 is 0 Å². The third-order valence-electron chi connectivity index (χ3n) is 3.15. The third-order valence-corrected chi connectivity index (χ3v) is 3.15. The van der Waals surface area contributed by atoms with Crippen LogP contribution in [0.15, 0.2) is 18.5 Å². The van der Waals surface area contributed by atoms with E-state index in [0.29, 0.717) is 5.92 Å². The predicted molar refractivity (Wildman–Crippen MR) is 64.4 cm³/mol. The van der Waals surface area contributed by atoms with Crippen molar-refractivity contribution in [2.45, 2.75) is 39.0 Å². The summed E-state index contributed by atoms with van der Waals surface area (Å²) in [5.74, 6) is 0.588. The predicted octanol–water partition coefficient (Wildman–Crippen LogP) is 3.20. The maximum absolute atomic E-state index is 4.26. The molecule has 0 amide bonds. The van der Waals surface area contributed by atoms with Crippen LogP contribution in [0.1, 0.15) is 44.6 Å². The van der Waals surface area contributed by atoms with E-state index in [-0.39, 0.29) is 0 Å². The summed E-state index contributed by atoms with van der Waals surface area (Å²) in [6, 6.07) is 2.16. The fourth-order valence-corrected chi connectivity index (χ4v) is 2.28. The molecular formula is C13H20N2. The van der Waals surface area contributed by atoms with Crippen LogP contribution in [0.2, 0.25) is 0 Å². The van der Waals surface area contributed by atoms with E-state index in [1.54, 1.807) is 0 Å². The van der Waals surface area contributed by atoms with Crippen LogP contribution >= 0.6 is 0 Å². The molecule has 0 atom stereocenters. The second kappa shape index (κ2) is 4.65. The minimum Gasteiger partial charge on any atom is -0.370 e. The summed E-state index contributed by atoms with van der Waals surface area (Å²) in [5, 5.41) is 0. The molecule has 0 radical (unpaired) electrons. The summed E-state index contributed by atoms with van der Waals surface area (Å²) >= 11 is 0. The summed E-state index contributed by atoms with van der Waals surface area (Å²) in [6.45, 7) is 6.91. The molecule has 15 heavy (non-hydrogen) atoms. The molecule has 1 fully saturated rings. The summed E-state index contributed by atoms with van der Waals surface area (Å²) in [7, 11) is 0. The Kier molecular flexibility index (Phi) is 3.24. The van der Waals surface area contributed by atoms with Crippen LogP contribution in [-0.2, 0) is 0 Å². The first kappa shape index (κ1) is 10.5. The van der Waals surface area contributed by atoms with Crippen LogP contribution < -0.4 is 4.90 Å². The van der Waals surface area contributed by atoms with Crippen LogP contribution in [0.25, 0.3) is 0 Å². The minimum absolute atomic E-state index is 0.588. The Labute approximate surface area is 92.3 Å². The molecule has 2 heteroatoms. The second-order valence-electron chi connectivity index (χ2n) is 4.64. The van der Waals surface area contributed by atoms with Gasteiger partial charge in [-0.3, -0.25) is 4.98 Å². The summed E-state index contributed by atoms with van der Waals surface area (Å²) in [4.78, 5) is 6.75. The smallest absolute Gasteiger partial charge is 0.0587 e. The Morgan fingerprint density at radius 3 is 2.60 bits per heavy atom. The zero-order valence-corrected chi connectivity index (χ0v) is 9.74. The number of nitrogens with zero attached hydrogens (tertiary/aromatic N) is 2. The maximum atomic E-state index is 4.26. The Morgan fingerprint density at radius 2 is 1.93 bits per heavy atom. The molecule has 1 aliphatic heterocycles. The van der Waals surface area contributed by atoms with Crippen molar-refractivity contribution in [1.29, 1.82) is 0 Å². The number of anilines is 1. The van der Waals surface area contributed by atoms with Crippen LogP contribution in [0.5, 0.6) is 0 Å². The highest BCUT2D eigenvalue weighted by Gasteiger charge is 2.15. The molecule has 1 aromatic rings. The van der Waals surface area contributed by atoms with Gasteiger partial charge in [0.15, 0.2) is 0 Å². The van der Waals surface area contributed by atoms with E-state index < -0.39 is 0 Å². The molecule has 2 heterocycles. The molecule has 0 bridgehead atoms. The minimum atomic E-state index is 0.588. The monoisotopic (exact) mass is 204 g/mol. The SMILES string of the molecule is CC(C)c1ccncc1N1CCCCC1. The fraction of sp³-hybridized carbons (Fsp3) is 0.615. The van der Waals surface area contributed by atoms with E-state index in [0.717, 1.165) is 0 Å². The van der Waals surface area contributed by atoms with Crippen LogP contribution in [0, 0.1) is 0 Å². The fourth-order valence-electron chi connectivity index (χ4n) is 2.28.